The van der Waals surface area contributed by atoms with E-state index in [4.69, 9.17) is 10.7 Å². The van der Waals surface area contributed by atoms with E-state index in [1.165, 1.54) is 5.56 Å². The molecule has 0 aromatic heterocycles. The molecular weight excluding hydrogens is 258 g/mol. The number of likely N-dealkylation sites (tertiary alicyclic amines) is 1. The molecule has 17 heavy (non-hydrogen) atoms. The van der Waals surface area contributed by atoms with Crippen molar-refractivity contribution in [3.05, 3.63) is 35.9 Å². The second kappa shape index (κ2) is 5.38. The lowest BCUT2D eigenvalue weighted by Crippen LogP contribution is -2.37. The molecule has 5 heteroatoms. The summed E-state index contributed by atoms with van der Waals surface area (Å²) in [6, 6.07) is 10.2. The first-order chi connectivity index (χ1) is 8.05. The first-order valence-electron chi connectivity index (χ1n) is 5.75. The van der Waals surface area contributed by atoms with Crippen molar-refractivity contribution in [3.63, 3.8) is 0 Å². The Labute approximate surface area is 107 Å². The molecule has 0 aliphatic carbocycles. The summed E-state index contributed by atoms with van der Waals surface area (Å²) in [5.74, 6) is 0. The van der Waals surface area contributed by atoms with Crippen LogP contribution < -0.4 is 0 Å². The predicted octanol–water partition coefficient (Wildman–Crippen LogP) is 2.22. The van der Waals surface area contributed by atoms with Gasteiger partial charge in [0.25, 0.3) is 0 Å². The minimum atomic E-state index is -3.38. The topological polar surface area (TPSA) is 37.4 Å². The first kappa shape index (κ1) is 12.9. The van der Waals surface area contributed by atoms with Gasteiger partial charge in [-0.15, -0.1) is 0 Å². The fourth-order valence-corrected chi connectivity index (χ4v) is 3.50. The molecule has 1 aromatic carbocycles. The maximum Gasteiger partial charge on any atom is 0.235 e. The van der Waals surface area contributed by atoms with E-state index in [0.717, 1.165) is 19.6 Å². The summed E-state index contributed by atoms with van der Waals surface area (Å²) in [5.41, 5.74) is 1.26. The molecular formula is C12H16ClNO2S. The molecule has 0 saturated carbocycles. The quantitative estimate of drug-likeness (QED) is 0.793. The molecule has 2 rings (SSSR count). The highest BCUT2D eigenvalue weighted by molar-refractivity contribution is 8.14. The average Bonchev–Trinajstić information content (AvgIpc) is 2.30. The maximum absolute atomic E-state index is 11.2. The van der Waals surface area contributed by atoms with Crippen molar-refractivity contribution in [2.75, 3.05) is 13.1 Å². The van der Waals surface area contributed by atoms with Gasteiger partial charge in [-0.3, -0.25) is 4.90 Å². The molecule has 0 atom stereocenters. The van der Waals surface area contributed by atoms with Crippen LogP contribution in [0.5, 0.6) is 0 Å². The van der Waals surface area contributed by atoms with Crippen LogP contribution in [0.4, 0.5) is 0 Å². The fraction of sp³-hybridized carbons (Fsp3) is 0.500. The van der Waals surface area contributed by atoms with Gasteiger partial charge in [-0.1, -0.05) is 30.3 Å². The van der Waals surface area contributed by atoms with Crippen LogP contribution in [0.2, 0.25) is 0 Å². The SMILES string of the molecule is O=S(=O)(Cl)C1CCN(Cc2ccccc2)CC1. The van der Waals surface area contributed by atoms with E-state index in [9.17, 15) is 8.42 Å². The maximum atomic E-state index is 11.2. The van der Waals surface area contributed by atoms with E-state index in [0.29, 0.717) is 12.8 Å². The van der Waals surface area contributed by atoms with Gasteiger partial charge in [0, 0.05) is 17.2 Å². The zero-order valence-corrected chi connectivity index (χ0v) is 11.1. The zero-order chi connectivity index (χ0) is 12.3. The lowest BCUT2D eigenvalue weighted by atomic mass is 10.1. The van der Waals surface area contributed by atoms with E-state index < -0.39 is 9.05 Å². The molecule has 0 bridgehead atoms. The highest BCUT2D eigenvalue weighted by Gasteiger charge is 2.28. The van der Waals surface area contributed by atoms with Crippen LogP contribution in [0.15, 0.2) is 30.3 Å². The number of hydrogen-bond acceptors (Lipinski definition) is 3. The summed E-state index contributed by atoms with van der Waals surface area (Å²) in [5, 5.41) is -0.365. The molecule has 3 nitrogen and oxygen atoms in total. The second-order valence-corrected chi connectivity index (χ2v) is 7.34. The van der Waals surface area contributed by atoms with Crippen LogP contribution in [0.25, 0.3) is 0 Å². The molecule has 0 radical (unpaired) electrons. The Morgan fingerprint density at radius 3 is 2.29 bits per heavy atom. The van der Waals surface area contributed by atoms with Gasteiger partial charge in [0.2, 0.25) is 9.05 Å². The largest absolute Gasteiger partial charge is 0.299 e. The normalized spacial score (nSPS) is 19.4. The van der Waals surface area contributed by atoms with Crippen LogP contribution >= 0.6 is 10.7 Å². The van der Waals surface area contributed by atoms with E-state index in [1.54, 1.807) is 0 Å². The molecule has 0 spiro atoms. The van der Waals surface area contributed by atoms with Gasteiger partial charge < -0.3 is 0 Å². The molecule has 1 aliphatic heterocycles. The Kier molecular flexibility index (Phi) is 4.07. The Bertz CT molecular complexity index is 453. The van der Waals surface area contributed by atoms with Crippen molar-refractivity contribution in [1.29, 1.82) is 0 Å². The number of piperidine rings is 1. The molecule has 0 unspecified atom stereocenters. The van der Waals surface area contributed by atoms with E-state index >= 15 is 0 Å². The summed E-state index contributed by atoms with van der Waals surface area (Å²) in [6.07, 6.45) is 1.28. The highest BCUT2D eigenvalue weighted by Crippen LogP contribution is 2.21. The smallest absolute Gasteiger partial charge is 0.235 e. The number of hydrogen-bond donors (Lipinski definition) is 0. The van der Waals surface area contributed by atoms with Crippen molar-refractivity contribution in [2.24, 2.45) is 0 Å². The van der Waals surface area contributed by atoms with Crippen LogP contribution in [0.3, 0.4) is 0 Å². The third-order valence-corrected chi connectivity index (χ3v) is 5.21. The van der Waals surface area contributed by atoms with Gasteiger partial charge in [0.1, 0.15) is 0 Å². The van der Waals surface area contributed by atoms with E-state index in [2.05, 4.69) is 17.0 Å². The average molecular weight is 274 g/mol. The Hall–Kier alpha value is -0.580. The molecule has 1 aromatic rings. The minimum Gasteiger partial charge on any atom is -0.299 e. The molecule has 0 N–H and O–H groups in total. The number of nitrogens with zero attached hydrogens (tertiary/aromatic N) is 1. The molecule has 1 saturated heterocycles. The first-order valence-corrected chi connectivity index (χ1v) is 8.13. The van der Waals surface area contributed by atoms with Crippen molar-refractivity contribution in [1.82, 2.24) is 4.90 Å². The summed E-state index contributed by atoms with van der Waals surface area (Å²) in [4.78, 5) is 2.27. The lowest BCUT2D eigenvalue weighted by molar-refractivity contribution is 0.222. The standard InChI is InChI=1S/C12H16ClNO2S/c13-17(15,16)12-6-8-14(9-7-12)10-11-4-2-1-3-5-11/h1-5,12H,6-10H2. The number of benzene rings is 1. The van der Waals surface area contributed by atoms with Gasteiger partial charge in [0.05, 0.1) is 5.25 Å². The summed E-state index contributed by atoms with van der Waals surface area (Å²) in [7, 11) is 2.00. The van der Waals surface area contributed by atoms with Crippen LogP contribution in [0, 0.1) is 0 Å². The number of rotatable bonds is 3. The predicted molar refractivity (Wildman–Crippen MR) is 69.5 cm³/mol. The summed E-state index contributed by atoms with van der Waals surface area (Å²) in [6.45, 7) is 2.48. The van der Waals surface area contributed by atoms with E-state index in [-0.39, 0.29) is 5.25 Å². The summed E-state index contributed by atoms with van der Waals surface area (Å²) < 4.78 is 22.4. The summed E-state index contributed by atoms with van der Waals surface area (Å²) >= 11 is 0. The Morgan fingerprint density at radius 1 is 1.18 bits per heavy atom. The Balaban J connectivity index is 1.88. The zero-order valence-electron chi connectivity index (χ0n) is 9.55. The van der Waals surface area contributed by atoms with Crippen molar-refractivity contribution >= 4 is 19.7 Å². The fourth-order valence-electron chi connectivity index (χ4n) is 2.19. The third-order valence-electron chi connectivity index (χ3n) is 3.18. The Morgan fingerprint density at radius 2 is 1.76 bits per heavy atom. The van der Waals surface area contributed by atoms with Gasteiger partial charge in [-0.05, 0) is 31.5 Å². The van der Waals surface area contributed by atoms with Crippen molar-refractivity contribution in [3.8, 4) is 0 Å². The van der Waals surface area contributed by atoms with Crippen LogP contribution in [0.1, 0.15) is 18.4 Å². The minimum absolute atomic E-state index is 0.365. The number of halogens is 1. The van der Waals surface area contributed by atoms with Gasteiger partial charge in [-0.25, -0.2) is 8.42 Å². The monoisotopic (exact) mass is 273 g/mol. The molecule has 1 fully saturated rings. The van der Waals surface area contributed by atoms with Crippen LogP contribution in [-0.2, 0) is 15.6 Å². The highest BCUT2D eigenvalue weighted by atomic mass is 35.7. The lowest BCUT2D eigenvalue weighted by Gasteiger charge is -2.30. The molecule has 1 aliphatic rings. The van der Waals surface area contributed by atoms with Gasteiger partial charge in [0.15, 0.2) is 0 Å². The van der Waals surface area contributed by atoms with E-state index in [1.807, 2.05) is 18.2 Å². The van der Waals surface area contributed by atoms with Gasteiger partial charge in [-0.2, -0.15) is 0 Å². The third kappa shape index (κ3) is 3.69. The van der Waals surface area contributed by atoms with Crippen LogP contribution in [-0.4, -0.2) is 31.7 Å². The molecule has 1 heterocycles. The van der Waals surface area contributed by atoms with Crippen molar-refractivity contribution < 1.29 is 8.42 Å². The molecule has 0 amide bonds. The van der Waals surface area contributed by atoms with Crippen molar-refractivity contribution in [2.45, 2.75) is 24.6 Å². The molecule has 94 valence electrons. The second-order valence-electron chi connectivity index (χ2n) is 4.44. The van der Waals surface area contributed by atoms with Gasteiger partial charge >= 0.3 is 0 Å².